The molecular weight excluding hydrogens is 554 g/mol. The fourth-order valence-electron chi connectivity index (χ4n) is 5.70. The topological polar surface area (TPSA) is 119 Å². The molecule has 5 rings (SSSR count). The molecule has 4 amide bonds. The third-order valence-electron chi connectivity index (χ3n) is 8.02. The van der Waals surface area contributed by atoms with Crippen LogP contribution in [0.25, 0.3) is 0 Å². The highest BCUT2D eigenvalue weighted by Crippen LogP contribution is 2.47. The molecule has 42 heavy (non-hydrogen) atoms. The number of fused-ring (bicyclic) bond motifs is 1. The lowest BCUT2D eigenvalue weighted by atomic mass is 9.82. The summed E-state index contributed by atoms with van der Waals surface area (Å²) in [6.45, 7) is 6.63. The molecule has 2 aromatic carbocycles. The molecule has 1 unspecified atom stereocenters. The molecule has 1 atom stereocenters. The first-order valence-corrected chi connectivity index (χ1v) is 15.8. The Morgan fingerprint density at radius 1 is 1.10 bits per heavy atom. The highest BCUT2D eigenvalue weighted by molar-refractivity contribution is 7.92. The van der Waals surface area contributed by atoms with Gasteiger partial charge >= 0.3 is 6.03 Å². The molecule has 2 heterocycles. The number of urea groups is 1. The minimum Gasteiger partial charge on any atom is -0.359 e. The van der Waals surface area contributed by atoms with Gasteiger partial charge in [0.2, 0.25) is 21.8 Å². The molecule has 0 aromatic heterocycles. The first kappa shape index (κ1) is 29.1. The number of rotatable bonds is 7. The van der Waals surface area contributed by atoms with Crippen molar-refractivity contribution in [2.24, 2.45) is 0 Å². The van der Waals surface area contributed by atoms with E-state index in [4.69, 9.17) is 0 Å². The van der Waals surface area contributed by atoms with E-state index in [1.54, 1.807) is 29.2 Å². The van der Waals surface area contributed by atoms with Gasteiger partial charge in [0.25, 0.3) is 0 Å². The normalized spacial score (nSPS) is 19.0. The number of sulfonamides is 1. The summed E-state index contributed by atoms with van der Waals surface area (Å²) in [4.78, 5) is 42.7. The Labute approximate surface area is 246 Å². The Morgan fingerprint density at radius 2 is 1.79 bits per heavy atom. The number of hydrogen-bond acceptors (Lipinski definition) is 6. The Hall–Kier alpha value is -4.38. The van der Waals surface area contributed by atoms with E-state index in [1.165, 1.54) is 16.3 Å². The van der Waals surface area contributed by atoms with Crippen LogP contribution in [-0.2, 0) is 26.0 Å². The largest absolute Gasteiger partial charge is 0.359 e. The maximum Gasteiger partial charge on any atom is 0.331 e. The molecule has 0 fully saturated rings. The van der Waals surface area contributed by atoms with Crippen LogP contribution in [0.1, 0.15) is 44.2 Å². The Morgan fingerprint density at radius 3 is 2.43 bits per heavy atom. The summed E-state index contributed by atoms with van der Waals surface area (Å²) in [5.74, 6) is -1.13. The van der Waals surface area contributed by atoms with Gasteiger partial charge in [-0.3, -0.25) is 13.9 Å². The van der Waals surface area contributed by atoms with Gasteiger partial charge in [-0.2, -0.15) is 0 Å². The van der Waals surface area contributed by atoms with E-state index >= 15 is 0 Å². The van der Waals surface area contributed by atoms with Crippen molar-refractivity contribution in [2.75, 3.05) is 41.3 Å². The van der Waals surface area contributed by atoms with Gasteiger partial charge in [-0.05, 0) is 85.9 Å². The van der Waals surface area contributed by atoms with Crippen LogP contribution in [0.2, 0.25) is 0 Å². The smallest absolute Gasteiger partial charge is 0.331 e. The van der Waals surface area contributed by atoms with E-state index in [9.17, 15) is 22.8 Å². The molecule has 10 nitrogen and oxygen atoms in total. The van der Waals surface area contributed by atoms with Gasteiger partial charge < -0.3 is 15.5 Å². The predicted octanol–water partition coefficient (Wildman–Crippen LogP) is 4.56. The maximum atomic E-state index is 14.1. The van der Waals surface area contributed by atoms with Crippen LogP contribution in [0.5, 0.6) is 0 Å². The fourth-order valence-corrected chi connectivity index (χ4v) is 6.20. The zero-order chi connectivity index (χ0) is 30.3. The van der Waals surface area contributed by atoms with E-state index < -0.39 is 15.9 Å². The van der Waals surface area contributed by atoms with Crippen LogP contribution >= 0.6 is 0 Å². The second-order valence-corrected chi connectivity index (χ2v) is 12.6. The van der Waals surface area contributed by atoms with E-state index in [2.05, 4.69) is 10.6 Å². The van der Waals surface area contributed by atoms with Gasteiger partial charge in [0, 0.05) is 37.2 Å². The van der Waals surface area contributed by atoms with E-state index in [1.807, 2.05) is 51.1 Å². The summed E-state index contributed by atoms with van der Waals surface area (Å²) in [6, 6.07) is 12.2. The molecule has 2 aliphatic heterocycles. The number of nitrogens with zero attached hydrogens (tertiary/aromatic N) is 3. The van der Waals surface area contributed by atoms with E-state index in [0.717, 1.165) is 45.6 Å². The first-order valence-electron chi connectivity index (χ1n) is 13.9. The van der Waals surface area contributed by atoms with Crippen molar-refractivity contribution < 1.29 is 22.8 Å². The quantitative estimate of drug-likeness (QED) is 0.489. The van der Waals surface area contributed by atoms with Gasteiger partial charge in [0.1, 0.15) is 0 Å². The van der Waals surface area contributed by atoms with Crippen molar-refractivity contribution in [1.29, 1.82) is 0 Å². The highest BCUT2D eigenvalue weighted by atomic mass is 32.2. The van der Waals surface area contributed by atoms with Crippen LogP contribution in [0.15, 0.2) is 77.2 Å². The van der Waals surface area contributed by atoms with Crippen molar-refractivity contribution in [3.8, 4) is 0 Å². The van der Waals surface area contributed by atoms with Gasteiger partial charge in [-0.1, -0.05) is 18.2 Å². The van der Waals surface area contributed by atoms with Crippen LogP contribution in [0, 0.1) is 0 Å². The molecule has 0 saturated carbocycles. The minimum atomic E-state index is -3.39. The molecule has 2 N–H and O–H groups in total. The summed E-state index contributed by atoms with van der Waals surface area (Å²) in [5, 5.41) is 6.26. The number of allylic oxidation sites excluding steroid dienone is 4. The molecule has 2 aromatic rings. The molecule has 3 aliphatic rings. The summed E-state index contributed by atoms with van der Waals surface area (Å²) in [5.41, 5.74) is 6.61. The molecule has 0 saturated heterocycles. The van der Waals surface area contributed by atoms with Crippen LogP contribution in [-0.4, -0.2) is 62.5 Å². The summed E-state index contributed by atoms with van der Waals surface area (Å²) in [7, 11) is -1.89. The molecule has 220 valence electrons. The molecule has 0 bridgehead atoms. The van der Waals surface area contributed by atoms with Crippen LogP contribution < -0.4 is 14.9 Å². The number of anilines is 3. The number of hydrogen-bond donors (Lipinski definition) is 2. The predicted molar refractivity (Wildman–Crippen MR) is 163 cm³/mol. The SMILES string of the molecule is CCN(CC)C(=O)N1C(=O)C(c2ccc3c(c2)CC(=O)N3)C2=C1C=CCC2=C(C)Nc1ccc(N(C)S(C)(=O)=O)cc1. The molecule has 0 radical (unpaired) electrons. The van der Waals surface area contributed by atoms with Gasteiger partial charge in [-0.15, -0.1) is 0 Å². The third-order valence-corrected chi connectivity index (χ3v) is 9.23. The second kappa shape index (κ2) is 11.1. The lowest BCUT2D eigenvalue weighted by Crippen LogP contribution is -2.44. The molecule has 0 spiro atoms. The minimum absolute atomic E-state index is 0.0897. The number of carbonyl (C=O) groups excluding carboxylic acids is 3. The molecule has 11 heteroatoms. The average molecular weight is 590 g/mol. The van der Waals surface area contributed by atoms with Crippen LogP contribution in [0.4, 0.5) is 21.9 Å². The van der Waals surface area contributed by atoms with Gasteiger partial charge in [-0.25, -0.2) is 18.1 Å². The lowest BCUT2D eigenvalue weighted by Gasteiger charge is -2.26. The molecular formula is C31H35N5O5S. The van der Waals surface area contributed by atoms with E-state index in [-0.39, 0.29) is 24.3 Å². The van der Waals surface area contributed by atoms with Crippen molar-refractivity contribution in [3.05, 3.63) is 88.3 Å². The first-order chi connectivity index (χ1) is 19.9. The van der Waals surface area contributed by atoms with Crippen molar-refractivity contribution in [1.82, 2.24) is 9.80 Å². The van der Waals surface area contributed by atoms with Crippen molar-refractivity contribution >= 4 is 44.9 Å². The lowest BCUT2D eigenvalue weighted by molar-refractivity contribution is -0.126. The van der Waals surface area contributed by atoms with Crippen molar-refractivity contribution in [3.63, 3.8) is 0 Å². The number of imide groups is 1. The third kappa shape index (κ3) is 5.20. The average Bonchev–Trinajstić information content (AvgIpc) is 3.47. The summed E-state index contributed by atoms with van der Waals surface area (Å²) >= 11 is 0. The number of benzene rings is 2. The number of amides is 4. The zero-order valence-corrected chi connectivity index (χ0v) is 25.2. The highest BCUT2D eigenvalue weighted by Gasteiger charge is 2.46. The number of carbonyl (C=O) groups is 3. The Bertz CT molecular complexity index is 1670. The fraction of sp³-hybridized carbons (Fsp3) is 0.323. The van der Waals surface area contributed by atoms with Gasteiger partial charge in [0.05, 0.1) is 30.0 Å². The molecule has 1 aliphatic carbocycles. The summed E-state index contributed by atoms with van der Waals surface area (Å²) in [6.07, 6.45) is 5.74. The second-order valence-electron chi connectivity index (χ2n) is 10.6. The standard InChI is InChI=1S/C31H35N5O5S/c1-6-35(7-2)31(39)36-26-10-8-9-24(19(3)32-22-12-14-23(15-13-22)34(4)42(5,40)41)29(26)28(30(36)38)20-11-16-25-21(17-20)18-27(37)33-25/h8,10-17,28,32H,6-7,9,18H2,1-5H3,(H,33,37). The number of nitrogens with one attached hydrogen (secondary N) is 2. The zero-order valence-electron chi connectivity index (χ0n) is 24.4. The Balaban J connectivity index is 1.57. The van der Waals surface area contributed by atoms with Crippen LogP contribution in [0.3, 0.4) is 0 Å². The summed E-state index contributed by atoms with van der Waals surface area (Å²) < 4.78 is 25.1. The van der Waals surface area contributed by atoms with Crippen molar-refractivity contribution in [2.45, 2.75) is 39.5 Å². The maximum absolute atomic E-state index is 14.1. The van der Waals surface area contributed by atoms with Gasteiger partial charge in [0.15, 0.2) is 0 Å². The van der Waals surface area contributed by atoms with E-state index in [0.29, 0.717) is 30.9 Å². The Kier molecular flexibility index (Phi) is 7.72. The monoisotopic (exact) mass is 589 g/mol.